The second-order valence-electron chi connectivity index (χ2n) is 8.51. The van der Waals surface area contributed by atoms with Crippen molar-refractivity contribution in [3.63, 3.8) is 0 Å². The fourth-order valence-electron chi connectivity index (χ4n) is 3.66. The van der Waals surface area contributed by atoms with Gasteiger partial charge in [-0.05, 0) is 67.9 Å². The van der Waals surface area contributed by atoms with E-state index >= 15 is 0 Å². The molecule has 0 fully saturated rings. The lowest BCUT2D eigenvalue weighted by atomic mass is 10.1. The minimum atomic E-state index is -3.86. The summed E-state index contributed by atoms with van der Waals surface area (Å²) in [6, 6.07) is 19.4. The fraction of sp³-hybridized carbons (Fsp3) is 0.259. The van der Waals surface area contributed by atoms with Crippen molar-refractivity contribution < 1.29 is 22.7 Å². The fourth-order valence-corrected chi connectivity index (χ4v) is 4.97. The average Bonchev–Trinajstić information content (AvgIpc) is 2.87. The number of carbonyl (C=O) groups excluding carboxylic acids is 2. The number of likely N-dealkylation sites (N-methyl/N-ethyl adjacent to an activating group) is 1. The third-order valence-corrected chi connectivity index (χ3v) is 7.38. The minimum Gasteiger partial charge on any atom is -0.457 e. The Labute approximate surface area is 233 Å². The van der Waals surface area contributed by atoms with Crippen molar-refractivity contribution in [2.75, 3.05) is 23.7 Å². The zero-order valence-electron chi connectivity index (χ0n) is 21.2. The molecule has 0 heterocycles. The number of benzene rings is 3. The summed E-state index contributed by atoms with van der Waals surface area (Å²) in [5.74, 6) is 0.180. The van der Waals surface area contributed by atoms with Gasteiger partial charge in [0, 0.05) is 23.1 Å². The Bertz CT molecular complexity index is 1370. The number of rotatable bonds is 11. The van der Waals surface area contributed by atoms with Gasteiger partial charge in [-0.25, -0.2) is 8.42 Å². The smallest absolute Gasteiger partial charge is 0.244 e. The molecule has 0 spiro atoms. The SMILES string of the molecule is CCNC(=O)[C@@H](C)N(Cc1ccc(Cl)cc1Cl)C(=O)CN(c1ccc(Oc2ccccc2)cc1)S(C)(=O)=O. The van der Waals surface area contributed by atoms with E-state index < -0.39 is 28.5 Å². The molecule has 0 bridgehead atoms. The number of carbonyl (C=O) groups is 2. The second kappa shape index (κ2) is 13.0. The summed E-state index contributed by atoms with van der Waals surface area (Å²) >= 11 is 12.3. The molecule has 0 unspecified atom stereocenters. The maximum Gasteiger partial charge on any atom is 0.244 e. The number of nitrogens with zero attached hydrogens (tertiary/aromatic N) is 2. The normalized spacial score (nSPS) is 11.9. The number of sulfonamides is 1. The summed E-state index contributed by atoms with van der Waals surface area (Å²) in [6.07, 6.45) is 1.02. The maximum absolute atomic E-state index is 13.6. The summed E-state index contributed by atoms with van der Waals surface area (Å²) < 4.78 is 32.2. The first-order valence-corrected chi connectivity index (χ1v) is 14.4. The summed E-state index contributed by atoms with van der Waals surface area (Å²) in [5, 5.41) is 3.45. The molecule has 0 aliphatic heterocycles. The molecule has 3 aromatic carbocycles. The molecule has 38 heavy (non-hydrogen) atoms. The number of nitrogens with one attached hydrogen (secondary N) is 1. The van der Waals surface area contributed by atoms with E-state index in [2.05, 4.69) is 5.32 Å². The summed E-state index contributed by atoms with van der Waals surface area (Å²) in [4.78, 5) is 27.5. The minimum absolute atomic E-state index is 0.0193. The lowest BCUT2D eigenvalue weighted by Crippen LogP contribution is -2.51. The van der Waals surface area contributed by atoms with Crippen LogP contribution in [0.25, 0.3) is 0 Å². The second-order valence-corrected chi connectivity index (χ2v) is 11.3. The van der Waals surface area contributed by atoms with Crippen LogP contribution in [0.4, 0.5) is 5.69 Å². The molecule has 0 radical (unpaired) electrons. The number of hydrogen-bond donors (Lipinski definition) is 1. The molecule has 8 nitrogen and oxygen atoms in total. The van der Waals surface area contributed by atoms with Gasteiger partial charge in [0.05, 0.1) is 11.9 Å². The van der Waals surface area contributed by atoms with Gasteiger partial charge in [0.2, 0.25) is 21.8 Å². The van der Waals surface area contributed by atoms with E-state index in [4.69, 9.17) is 27.9 Å². The Balaban J connectivity index is 1.87. The zero-order chi connectivity index (χ0) is 27.9. The van der Waals surface area contributed by atoms with Crippen molar-refractivity contribution in [3.8, 4) is 11.5 Å². The van der Waals surface area contributed by atoms with Crippen LogP contribution in [-0.4, -0.2) is 50.5 Å². The van der Waals surface area contributed by atoms with E-state index in [1.165, 1.54) is 4.90 Å². The van der Waals surface area contributed by atoms with Crippen LogP contribution in [0.15, 0.2) is 72.8 Å². The van der Waals surface area contributed by atoms with E-state index in [0.29, 0.717) is 33.7 Å². The molecule has 0 aromatic heterocycles. The van der Waals surface area contributed by atoms with E-state index in [9.17, 15) is 18.0 Å². The highest BCUT2D eigenvalue weighted by Gasteiger charge is 2.30. The van der Waals surface area contributed by atoms with Gasteiger partial charge in [-0.2, -0.15) is 0 Å². The van der Waals surface area contributed by atoms with Gasteiger partial charge in [-0.15, -0.1) is 0 Å². The molecule has 0 aliphatic rings. The zero-order valence-corrected chi connectivity index (χ0v) is 23.6. The van der Waals surface area contributed by atoms with E-state index in [-0.39, 0.29) is 18.1 Å². The number of anilines is 1. The number of halogens is 2. The number of ether oxygens (including phenoxy) is 1. The largest absolute Gasteiger partial charge is 0.457 e. The molecule has 0 saturated carbocycles. The molecule has 0 saturated heterocycles. The average molecular weight is 579 g/mol. The lowest BCUT2D eigenvalue weighted by molar-refractivity contribution is -0.139. The molecule has 202 valence electrons. The Morgan fingerprint density at radius 1 is 0.974 bits per heavy atom. The van der Waals surface area contributed by atoms with Crippen molar-refractivity contribution >= 4 is 50.7 Å². The van der Waals surface area contributed by atoms with Crippen LogP contribution in [0.1, 0.15) is 19.4 Å². The predicted molar refractivity (Wildman–Crippen MR) is 150 cm³/mol. The molecule has 3 rings (SSSR count). The van der Waals surface area contributed by atoms with Crippen molar-refractivity contribution in [3.05, 3.63) is 88.4 Å². The molecule has 1 atom stereocenters. The molecule has 3 aromatic rings. The van der Waals surface area contributed by atoms with Crippen molar-refractivity contribution in [2.45, 2.75) is 26.4 Å². The van der Waals surface area contributed by atoms with Crippen LogP contribution in [0.5, 0.6) is 11.5 Å². The van der Waals surface area contributed by atoms with Gasteiger partial charge in [0.25, 0.3) is 0 Å². The monoisotopic (exact) mass is 577 g/mol. The summed E-state index contributed by atoms with van der Waals surface area (Å²) in [6.45, 7) is 3.18. The van der Waals surface area contributed by atoms with Crippen LogP contribution < -0.4 is 14.4 Å². The first-order chi connectivity index (χ1) is 18.0. The maximum atomic E-state index is 13.6. The lowest BCUT2D eigenvalue weighted by Gasteiger charge is -2.31. The third kappa shape index (κ3) is 7.86. The Morgan fingerprint density at radius 2 is 1.61 bits per heavy atom. The predicted octanol–water partition coefficient (Wildman–Crippen LogP) is 5.11. The van der Waals surface area contributed by atoms with Gasteiger partial charge in [0.15, 0.2) is 0 Å². The number of para-hydroxylation sites is 1. The van der Waals surface area contributed by atoms with Crippen molar-refractivity contribution in [2.24, 2.45) is 0 Å². The Kier molecular flexibility index (Phi) is 10.0. The van der Waals surface area contributed by atoms with Crippen LogP contribution in [0.3, 0.4) is 0 Å². The van der Waals surface area contributed by atoms with Gasteiger partial charge in [0.1, 0.15) is 24.1 Å². The van der Waals surface area contributed by atoms with Gasteiger partial charge in [-0.1, -0.05) is 47.5 Å². The quantitative estimate of drug-likeness (QED) is 0.342. The standard InChI is InChI=1S/C27H29Cl2N3O5S/c1-4-30-27(34)19(2)31(17-20-10-11-21(28)16-25(20)29)26(33)18-32(38(3,35)36)22-12-14-24(15-13-22)37-23-8-6-5-7-9-23/h5-16,19H,4,17-18H2,1-3H3,(H,30,34)/t19-/m1/s1. The van der Waals surface area contributed by atoms with Gasteiger partial charge >= 0.3 is 0 Å². The van der Waals surface area contributed by atoms with E-state index in [1.54, 1.807) is 68.4 Å². The van der Waals surface area contributed by atoms with Crippen LogP contribution in [-0.2, 0) is 26.2 Å². The molecule has 1 N–H and O–H groups in total. The molecule has 0 aliphatic carbocycles. The van der Waals surface area contributed by atoms with Crippen LogP contribution in [0, 0.1) is 0 Å². The van der Waals surface area contributed by atoms with E-state index in [1.807, 2.05) is 18.2 Å². The molecular weight excluding hydrogens is 549 g/mol. The van der Waals surface area contributed by atoms with Crippen molar-refractivity contribution in [1.82, 2.24) is 10.2 Å². The summed E-state index contributed by atoms with van der Waals surface area (Å²) in [7, 11) is -3.86. The van der Waals surface area contributed by atoms with Crippen LogP contribution in [0.2, 0.25) is 10.0 Å². The van der Waals surface area contributed by atoms with Crippen LogP contribution >= 0.6 is 23.2 Å². The highest BCUT2D eigenvalue weighted by Crippen LogP contribution is 2.27. The van der Waals surface area contributed by atoms with Crippen molar-refractivity contribution in [1.29, 1.82) is 0 Å². The van der Waals surface area contributed by atoms with E-state index in [0.717, 1.165) is 10.6 Å². The third-order valence-electron chi connectivity index (χ3n) is 5.66. The first-order valence-electron chi connectivity index (χ1n) is 11.8. The molecule has 2 amide bonds. The highest BCUT2D eigenvalue weighted by molar-refractivity contribution is 7.92. The first kappa shape index (κ1) is 29.3. The Hall–Kier alpha value is -3.27. The topological polar surface area (TPSA) is 96.0 Å². The molecular formula is C27H29Cl2N3O5S. The van der Waals surface area contributed by atoms with Gasteiger partial charge in [-0.3, -0.25) is 13.9 Å². The summed E-state index contributed by atoms with van der Waals surface area (Å²) in [5.41, 5.74) is 0.838. The number of hydrogen-bond acceptors (Lipinski definition) is 5. The van der Waals surface area contributed by atoms with Gasteiger partial charge < -0.3 is 15.0 Å². The number of amides is 2. The molecule has 11 heteroatoms. The highest BCUT2D eigenvalue weighted by atomic mass is 35.5. The Morgan fingerprint density at radius 3 is 2.18 bits per heavy atom.